The highest BCUT2D eigenvalue weighted by Crippen LogP contribution is 2.34. The summed E-state index contributed by atoms with van der Waals surface area (Å²) in [6.07, 6.45) is 2.47. The second kappa shape index (κ2) is 8.52. The lowest BCUT2D eigenvalue weighted by Gasteiger charge is -2.24. The minimum absolute atomic E-state index is 0.137. The maximum Gasteiger partial charge on any atom is 0.253 e. The van der Waals surface area contributed by atoms with Gasteiger partial charge >= 0.3 is 0 Å². The molecule has 138 valence electrons. The molecule has 0 unspecified atom stereocenters. The smallest absolute Gasteiger partial charge is 0.253 e. The highest BCUT2D eigenvalue weighted by Gasteiger charge is 2.35. The molecule has 0 saturated heterocycles. The first-order chi connectivity index (χ1) is 12.3. The Morgan fingerprint density at radius 1 is 1.23 bits per heavy atom. The summed E-state index contributed by atoms with van der Waals surface area (Å²) in [6.45, 7) is -0.433. The summed E-state index contributed by atoms with van der Waals surface area (Å²) in [5.74, 6) is -1.67. The van der Waals surface area contributed by atoms with Crippen molar-refractivity contribution < 1.29 is 18.1 Å². The zero-order valence-electron chi connectivity index (χ0n) is 14.3. The Balaban J connectivity index is 2.67. The van der Waals surface area contributed by atoms with E-state index >= 15 is 0 Å². The molecule has 2 atom stereocenters. The monoisotopic (exact) mass is 377 g/mol. The van der Waals surface area contributed by atoms with E-state index in [1.807, 2.05) is 0 Å². The number of nitro groups is 1. The van der Waals surface area contributed by atoms with Crippen LogP contribution in [0.5, 0.6) is 0 Å². The fraction of sp³-hybridized carbons (Fsp3) is 0.294. The van der Waals surface area contributed by atoms with Crippen LogP contribution in [-0.2, 0) is 14.8 Å². The van der Waals surface area contributed by atoms with Gasteiger partial charge in [0.2, 0.25) is 12.4 Å². The van der Waals surface area contributed by atoms with Crippen molar-refractivity contribution in [1.82, 2.24) is 4.98 Å². The van der Waals surface area contributed by atoms with Gasteiger partial charge in [-0.25, -0.2) is 8.42 Å². The van der Waals surface area contributed by atoms with Gasteiger partial charge in [-0.05, 0) is 17.7 Å². The number of ether oxygens (including phenoxy) is 1. The lowest BCUT2D eigenvalue weighted by Crippen LogP contribution is -2.28. The summed E-state index contributed by atoms with van der Waals surface area (Å²) < 4.78 is 32.3. The number of benzene rings is 1. The lowest BCUT2D eigenvalue weighted by molar-refractivity contribution is -0.483. The molecule has 0 aliphatic rings. The molecule has 1 heterocycles. The standard InChI is InChI=1S/C17H19N3O5S/c1-25-17(19-26(2,23)24)16(15-10-6-7-11-18-15)14(12-20(21)22)13-8-4-3-5-9-13/h3-11,14,16H,12H2,1-2H3/b19-17-/t14-,16+/m1/s1. The molecular formula is C17H19N3O5S. The summed E-state index contributed by atoms with van der Waals surface area (Å²) in [5.41, 5.74) is 1.10. The van der Waals surface area contributed by atoms with Crippen molar-refractivity contribution in [3.63, 3.8) is 0 Å². The number of pyridine rings is 1. The number of hydrogen-bond donors (Lipinski definition) is 0. The Labute approximate surface area is 151 Å². The van der Waals surface area contributed by atoms with Crippen molar-refractivity contribution in [2.75, 3.05) is 19.9 Å². The average Bonchev–Trinajstić information content (AvgIpc) is 2.60. The Kier molecular flexibility index (Phi) is 6.40. The lowest BCUT2D eigenvalue weighted by atomic mass is 9.83. The van der Waals surface area contributed by atoms with Crippen LogP contribution in [-0.4, -0.2) is 44.1 Å². The molecule has 0 aliphatic carbocycles. The fourth-order valence-electron chi connectivity index (χ4n) is 2.71. The van der Waals surface area contributed by atoms with E-state index in [1.165, 1.54) is 13.3 Å². The molecule has 1 aromatic heterocycles. The quantitative estimate of drug-likeness (QED) is 0.316. The first-order valence-electron chi connectivity index (χ1n) is 7.73. The average molecular weight is 377 g/mol. The molecule has 8 nitrogen and oxygen atoms in total. The normalized spacial score (nSPS) is 14.5. The second-order valence-electron chi connectivity index (χ2n) is 5.63. The van der Waals surface area contributed by atoms with E-state index in [-0.39, 0.29) is 5.90 Å². The third kappa shape index (κ3) is 5.35. The molecule has 9 heteroatoms. The molecular weight excluding hydrogens is 358 g/mol. The summed E-state index contributed by atoms with van der Waals surface area (Å²) >= 11 is 0. The molecule has 2 rings (SSSR count). The SMILES string of the molecule is CO/C(=N\S(C)(=O)=O)[C@H](c1ccccn1)[C@H](C[N+](=O)[O-])c1ccccc1. The summed E-state index contributed by atoms with van der Waals surface area (Å²) in [4.78, 5) is 15.1. The molecule has 0 saturated carbocycles. The van der Waals surface area contributed by atoms with E-state index in [2.05, 4.69) is 9.38 Å². The van der Waals surface area contributed by atoms with Crippen LogP contribution in [0.15, 0.2) is 59.1 Å². The number of methoxy groups -OCH3 is 1. The van der Waals surface area contributed by atoms with Crippen molar-refractivity contribution in [3.8, 4) is 0 Å². The van der Waals surface area contributed by atoms with Crippen molar-refractivity contribution in [2.45, 2.75) is 11.8 Å². The Hall–Kier alpha value is -2.81. The van der Waals surface area contributed by atoms with Gasteiger partial charge in [0, 0.05) is 11.1 Å². The molecule has 0 spiro atoms. The van der Waals surface area contributed by atoms with Gasteiger partial charge in [-0.15, -0.1) is 4.40 Å². The van der Waals surface area contributed by atoms with E-state index in [9.17, 15) is 18.5 Å². The van der Waals surface area contributed by atoms with Crippen LogP contribution in [0.2, 0.25) is 0 Å². The van der Waals surface area contributed by atoms with Crippen LogP contribution >= 0.6 is 0 Å². The molecule has 0 amide bonds. The fourth-order valence-corrected chi connectivity index (χ4v) is 3.23. The Morgan fingerprint density at radius 3 is 2.38 bits per heavy atom. The molecule has 0 N–H and O–H groups in total. The van der Waals surface area contributed by atoms with Gasteiger partial charge in [0.15, 0.2) is 0 Å². The van der Waals surface area contributed by atoms with Crippen molar-refractivity contribution in [1.29, 1.82) is 0 Å². The Morgan fingerprint density at radius 2 is 1.88 bits per heavy atom. The first kappa shape index (κ1) is 19.5. The molecule has 0 aliphatic heterocycles. The predicted octanol–water partition coefficient (Wildman–Crippen LogP) is 2.23. The second-order valence-corrected chi connectivity index (χ2v) is 7.28. The Bertz CT molecular complexity index is 870. The van der Waals surface area contributed by atoms with Gasteiger partial charge in [0.25, 0.3) is 10.0 Å². The molecule has 0 bridgehead atoms. The highest BCUT2D eigenvalue weighted by molar-refractivity contribution is 7.89. The van der Waals surface area contributed by atoms with E-state index < -0.39 is 33.3 Å². The van der Waals surface area contributed by atoms with Crippen LogP contribution in [0.3, 0.4) is 0 Å². The number of hydrogen-bond acceptors (Lipinski definition) is 6. The maximum absolute atomic E-state index is 11.7. The summed E-state index contributed by atoms with van der Waals surface area (Å²) in [5, 5.41) is 11.3. The van der Waals surface area contributed by atoms with Gasteiger partial charge in [0.1, 0.15) is 0 Å². The first-order valence-corrected chi connectivity index (χ1v) is 9.58. The molecule has 26 heavy (non-hydrogen) atoms. The van der Waals surface area contributed by atoms with Crippen LogP contribution in [0, 0.1) is 10.1 Å². The maximum atomic E-state index is 11.7. The van der Waals surface area contributed by atoms with Gasteiger partial charge < -0.3 is 4.74 Å². The van der Waals surface area contributed by atoms with Gasteiger partial charge in [-0.1, -0.05) is 36.4 Å². The van der Waals surface area contributed by atoms with Crippen LogP contribution in [0.4, 0.5) is 0 Å². The summed E-state index contributed by atoms with van der Waals surface area (Å²) in [6, 6.07) is 13.9. The van der Waals surface area contributed by atoms with Gasteiger partial charge in [-0.3, -0.25) is 15.1 Å². The minimum Gasteiger partial charge on any atom is -0.483 e. The molecule has 0 fully saturated rings. The number of sulfonamides is 1. The van der Waals surface area contributed by atoms with Gasteiger partial charge in [0.05, 0.1) is 30.9 Å². The largest absolute Gasteiger partial charge is 0.483 e. The molecule has 1 aromatic carbocycles. The number of aromatic nitrogens is 1. The van der Waals surface area contributed by atoms with Crippen LogP contribution in [0.1, 0.15) is 23.1 Å². The topological polar surface area (TPSA) is 112 Å². The number of nitrogens with zero attached hydrogens (tertiary/aromatic N) is 3. The highest BCUT2D eigenvalue weighted by atomic mass is 32.2. The van der Waals surface area contributed by atoms with Crippen LogP contribution in [0.25, 0.3) is 0 Å². The molecule has 2 aromatic rings. The molecule has 0 radical (unpaired) electrons. The third-order valence-electron chi connectivity index (χ3n) is 3.71. The zero-order chi connectivity index (χ0) is 19.2. The summed E-state index contributed by atoms with van der Waals surface area (Å²) in [7, 11) is -2.48. The van der Waals surface area contributed by atoms with E-state index in [1.54, 1.807) is 48.5 Å². The van der Waals surface area contributed by atoms with Crippen molar-refractivity contribution >= 4 is 15.9 Å². The van der Waals surface area contributed by atoms with Crippen molar-refractivity contribution in [3.05, 3.63) is 76.1 Å². The van der Waals surface area contributed by atoms with E-state index in [0.29, 0.717) is 11.3 Å². The number of rotatable bonds is 7. The van der Waals surface area contributed by atoms with E-state index in [0.717, 1.165) is 6.26 Å². The van der Waals surface area contributed by atoms with Gasteiger partial charge in [-0.2, -0.15) is 0 Å². The van der Waals surface area contributed by atoms with E-state index in [4.69, 9.17) is 4.74 Å². The van der Waals surface area contributed by atoms with Crippen LogP contribution < -0.4 is 0 Å². The van der Waals surface area contributed by atoms with Crippen molar-refractivity contribution in [2.24, 2.45) is 4.40 Å². The third-order valence-corrected chi connectivity index (χ3v) is 4.22. The predicted molar refractivity (Wildman–Crippen MR) is 97.3 cm³/mol. The zero-order valence-corrected chi connectivity index (χ0v) is 15.2. The minimum atomic E-state index is -3.77.